The Hall–Kier alpha value is -0.860. The largest absolute Gasteiger partial charge is 0.396 e. The minimum atomic E-state index is 0.202. The highest BCUT2D eigenvalue weighted by Crippen LogP contribution is 2.24. The van der Waals surface area contributed by atoms with Crippen molar-refractivity contribution < 1.29 is 5.11 Å². The maximum atomic E-state index is 8.73. The molecule has 0 aliphatic carbocycles. The average molecular weight is 235 g/mol. The van der Waals surface area contributed by atoms with Crippen LogP contribution in [0, 0.1) is 6.92 Å². The van der Waals surface area contributed by atoms with Gasteiger partial charge in [0.1, 0.15) is 0 Å². The Morgan fingerprint density at radius 3 is 2.53 bits per heavy atom. The molecule has 0 aromatic heterocycles. The number of benzene rings is 1. The number of nitrogens with one attached hydrogen (secondary N) is 1. The van der Waals surface area contributed by atoms with Gasteiger partial charge >= 0.3 is 0 Å². The van der Waals surface area contributed by atoms with Crippen LogP contribution in [0.15, 0.2) is 18.2 Å². The van der Waals surface area contributed by atoms with E-state index in [9.17, 15) is 0 Å². The fraction of sp³-hybridized carbons (Fsp3) is 0.600. The Labute approximate surface area is 105 Å². The molecule has 0 heterocycles. The highest BCUT2D eigenvalue weighted by Gasteiger charge is 2.14. The SMILES string of the molecule is Cc1ccc(C(C)(C)C)cc1CNCCCO. The zero-order chi connectivity index (χ0) is 12.9. The fourth-order valence-electron chi connectivity index (χ4n) is 1.76. The Bertz CT molecular complexity index is 352. The molecule has 0 bridgehead atoms. The zero-order valence-corrected chi connectivity index (χ0v) is 11.5. The minimum Gasteiger partial charge on any atom is -0.396 e. The molecule has 0 amide bonds. The summed E-state index contributed by atoms with van der Waals surface area (Å²) >= 11 is 0. The summed E-state index contributed by atoms with van der Waals surface area (Å²) in [6, 6.07) is 6.71. The molecule has 0 atom stereocenters. The molecule has 1 aromatic rings. The van der Waals surface area contributed by atoms with E-state index in [0.717, 1.165) is 19.5 Å². The van der Waals surface area contributed by atoms with Crippen molar-refractivity contribution in [3.63, 3.8) is 0 Å². The minimum absolute atomic E-state index is 0.202. The van der Waals surface area contributed by atoms with Crippen molar-refractivity contribution in [3.05, 3.63) is 34.9 Å². The van der Waals surface area contributed by atoms with E-state index in [2.05, 4.69) is 51.2 Å². The summed E-state index contributed by atoms with van der Waals surface area (Å²) in [5.74, 6) is 0. The van der Waals surface area contributed by atoms with Crippen molar-refractivity contribution in [2.75, 3.05) is 13.2 Å². The maximum absolute atomic E-state index is 8.73. The van der Waals surface area contributed by atoms with Crippen LogP contribution < -0.4 is 5.32 Å². The standard InChI is InChI=1S/C15H25NO/c1-12-6-7-14(15(2,3)4)10-13(12)11-16-8-5-9-17/h6-7,10,16-17H,5,8-9,11H2,1-4H3. The van der Waals surface area contributed by atoms with Crippen molar-refractivity contribution in [1.82, 2.24) is 5.32 Å². The van der Waals surface area contributed by atoms with E-state index in [1.165, 1.54) is 16.7 Å². The van der Waals surface area contributed by atoms with Crippen LogP contribution in [0.5, 0.6) is 0 Å². The lowest BCUT2D eigenvalue weighted by Crippen LogP contribution is -2.18. The highest BCUT2D eigenvalue weighted by molar-refractivity contribution is 5.34. The van der Waals surface area contributed by atoms with Gasteiger partial charge in [0.05, 0.1) is 0 Å². The van der Waals surface area contributed by atoms with Crippen molar-refractivity contribution in [2.24, 2.45) is 0 Å². The first-order chi connectivity index (χ1) is 7.95. The molecular formula is C15H25NO. The fourth-order valence-corrected chi connectivity index (χ4v) is 1.76. The first kappa shape index (κ1) is 14.2. The third kappa shape index (κ3) is 4.49. The van der Waals surface area contributed by atoms with Gasteiger partial charge in [0, 0.05) is 13.2 Å². The van der Waals surface area contributed by atoms with Gasteiger partial charge in [-0.1, -0.05) is 39.0 Å². The number of aliphatic hydroxyl groups is 1. The second-order valence-corrected chi connectivity index (χ2v) is 5.65. The number of aliphatic hydroxyl groups excluding tert-OH is 1. The first-order valence-electron chi connectivity index (χ1n) is 6.36. The third-order valence-corrected chi connectivity index (χ3v) is 3.04. The Morgan fingerprint density at radius 2 is 1.94 bits per heavy atom. The predicted molar refractivity (Wildman–Crippen MR) is 73.3 cm³/mol. The summed E-state index contributed by atoms with van der Waals surface area (Å²) in [6.45, 7) is 10.9. The molecule has 1 aromatic carbocycles. The van der Waals surface area contributed by atoms with Crippen LogP contribution in [0.1, 0.15) is 43.9 Å². The zero-order valence-electron chi connectivity index (χ0n) is 11.5. The first-order valence-corrected chi connectivity index (χ1v) is 6.36. The van der Waals surface area contributed by atoms with Crippen LogP contribution in [0.25, 0.3) is 0 Å². The molecule has 2 nitrogen and oxygen atoms in total. The molecule has 1 rings (SSSR count). The van der Waals surface area contributed by atoms with Crippen molar-refractivity contribution in [1.29, 1.82) is 0 Å². The van der Waals surface area contributed by atoms with E-state index < -0.39 is 0 Å². The van der Waals surface area contributed by atoms with Gasteiger partial charge in [0.25, 0.3) is 0 Å². The van der Waals surface area contributed by atoms with Gasteiger partial charge in [-0.05, 0) is 42.0 Å². The maximum Gasteiger partial charge on any atom is 0.0443 e. The molecule has 0 saturated heterocycles. The van der Waals surface area contributed by atoms with Gasteiger partial charge in [-0.15, -0.1) is 0 Å². The molecule has 0 unspecified atom stereocenters. The molecule has 17 heavy (non-hydrogen) atoms. The van der Waals surface area contributed by atoms with Crippen LogP contribution in [0.4, 0.5) is 0 Å². The monoisotopic (exact) mass is 235 g/mol. The molecule has 96 valence electrons. The molecule has 0 saturated carbocycles. The van der Waals surface area contributed by atoms with Gasteiger partial charge in [-0.3, -0.25) is 0 Å². The summed E-state index contributed by atoms with van der Waals surface area (Å²) in [5, 5.41) is 12.1. The molecule has 0 aliphatic heterocycles. The van der Waals surface area contributed by atoms with Crippen LogP contribution in [-0.2, 0) is 12.0 Å². The number of hydrogen-bond donors (Lipinski definition) is 2. The summed E-state index contributed by atoms with van der Waals surface area (Å²) in [7, 11) is 0. The summed E-state index contributed by atoms with van der Waals surface area (Å²) in [4.78, 5) is 0. The van der Waals surface area contributed by atoms with Gasteiger partial charge in [-0.2, -0.15) is 0 Å². The molecule has 2 N–H and O–H groups in total. The smallest absolute Gasteiger partial charge is 0.0443 e. The lowest BCUT2D eigenvalue weighted by Gasteiger charge is -2.21. The van der Waals surface area contributed by atoms with Crippen molar-refractivity contribution in [3.8, 4) is 0 Å². The quantitative estimate of drug-likeness (QED) is 0.769. The lowest BCUT2D eigenvalue weighted by atomic mass is 9.85. The van der Waals surface area contributed by atoms with Gasteiger partial charge in [0.15, 0.2) is 0 Å². The van der Waals surface area contributed by atoms with Gasteiger partial charge in [0.2, 0.25) is 0 Å². The van der Waals surface area contributed by atoms with Crippen molar-refractivity contribution in [2.45, 2.75) is 46.1 Å². The number of rotatable bonds is 5. The second-order valence-electron chi connectivity index (χ2n) is 5.65. The van der Waals surface area contributed by atoms with Crippen LogP contribution in [0.3, 0.4) is 0 Å². The van der Waals surface area contributed by atoms with Gasteiger partial charge in [-0.25, -0.2) is 0 Å². The topological polar surface area (TPSA) is 32.3 Å². The molecular weight excluding hydrogens is 210 g/mol. The van der Waals surface area contributed by atoms with Gasteiger partial charge < -0.3 is 10.4 Å². The Kier molecular flexibility index (Phi) is 5.16. The number of aryl methyl sites for hydroxylation is 1. The van der Waals surface area contributed by atoms with E-state index in [-0.39, 0.29) is 12.0 Å². The van der Waals surface area contributed by atoms with E-state index in [4.69, 9.17) is 5.11 Å². The second kappa shape index (κ2) is 6.18. The average Bonchev–Trinajstić information content (AvgIpc) is 2.25. The summed E-state index contributed by atoms with van der Waals surface area (Å²) in [6.07, 6.45) is 0.817. The van der Waals surface area contributed by atoms with E-state index in [1.807, 2.05) is 0 Å². The summed E-state index contributed by atoms with van der Waals surface area (Å²) < 4.78 is 0. The normalized spacial score (nSPS) is 11.8. The highest BCUT2D eigenvalue weighted by atomic mass is 16.3. The van der Waals surface area contributed by atoms with Crippen LogP contribution in [0.2, 0.25) is 0 Å². The van der Waals surface area contributed by atoms with Crippen LogP contribution >= 0.6 is 0 Å². The Morgan fingerprint density at radius 1 is 1.24 bits per heavy atom. The van der Waals surface area contributed by atoms with Crippen molar-refractivity contribution >= 4 is 0 Å². The number of hydrogen-bond acceptors (Lipinski definition) is 2. The van der Waals surface area contributed by atoms with E-state index in [0.29, 0.717) is 0 Å². The van der Waals surface area contributed by atoms with E-state index in [1.54, 1.807) is 0 Å². The molecule has 0 aliphatic rings. The molecule has 0 fully saturated rings. The molecule has 2 heteroatoms. The van der Waals surface area contributed by atoms with Crippen LogP contribution in [-0.4, -0.2) is 18.3 Å². The molecule has 0 radical (unpaired) electrons. The Balaban J connectivity index is 2.70. The summed E-state index contributed by atoms with van der Waals surface area (Å²) in [5.41, 5.74) is 4.26. The predicted octanol–water partition coefficient (Wildman–Crippen LogP) is 2.76. The third-order valence-electron chi connectivity index (χ3n) is 3.04. The molecule has 0 spiro atoms. The van der Waals surface area contributed by atoms with E-state index >= 15 is 0 Å². The lowest BCUT2D eigenvalue weighted by molar-refractivity contribution is 0.286.